The van der Waals surface area contributed by atoms with E-state index in [9.17, 15) is 37.1 Å². The van der Waals surface area contributed by atoms with Crippen molar-refractivity contribution in [2.75, 3.05) is 11.9 Å². The summed E-state index contributed by atoms with van der Waals surface area (Å²) in [5, 5.41) is 30.2. The Morgan fingerprint density at radius 2 is 1.53 bits per heavy atom. The molecule has 19 heteroatoms. The minimum absolute atomic E-state index is 0.0301. The van der Waals surface area contributed by atoms with Gasteiger partial charge in [0.15, 0.2) is 5.13 Å². The van der Waals surface area contributed by atoms with Gasteiger partial charge in [-0.05, 0) is 17.2 Å². The van der Waals surface area contributed by atoms with Gasteiger partial charge in [-0.25, -0.2) is 14.6 Å². The fourth-order valence-corrected chi connectivity index (χ4v) is 3.74. The molecule has 5 amide bonds. The van der Waals surface area contributed by atoms with Crippen molar-refractivity contribution in [1.82, 2.24) is 31.2 Å². The number of hydrogen-bond acceptors (Lipinski definition) is 9. The molecule has 240 valence electrons. The van der Waals surface area contributed by atoms with Crippen LogP contribution in [0.4, 0.5) is 23.1 Å². The molecule has 3 aromatic rings. The summed E-state index contributed by atoms with van der Waals surface area (Å²) < 4.78 is 31.7. The second-order valence-electron chi connectivity index (χ2n) is 8.61. The van der Waals surface area contributed by atoms with Crippen molar-refractivity contribution in [2.45, 2.75) is 31.7 Å². The number of hydrogen-bond donors (Lipinski definition) is 7. The summed E-state index contributed by atoms with van der Waals surface area (Å²) in [7, 11) is 0. The Kier molecular flexibility index (Phi) is 13.9. The monoisotopic (exact) mass is 653 g/mol. The Bertz CT molecular complexity index is 1470. The summed E-state index contributed by atoms with van der Waals surface area (Å²) in [5.41, 5.74) is 1.58. The van der Waals surface area contributed by atoms with Crippen LogP contribution < -0.4 is 26.6 Å². The highest BCUT2D eigenvalue weighted by Crippen LogP contribution is 2.15. The number of urea groups is 1. The molecule has 0 radical (unpaired) electrons. The summed E-state index contributed by atoms with van der Waals surface area (Å²) >= 11 is 1.02. The lowest BCUT2D eigenvalue weighted by Crippen LogP contribution is -2.50. The predicted octanol–water partition coefficient (Wildman–Crippen LogP) is 1.50. The maximum atomic E-state index is 12.4. The van der Waals surface area contributed by atoms with Gasteiger partial charge in [0.05, 0.1) is 13.0 Å². The summed E-state index contributed by atoms with van der Waals surface area (Å²) in [4.78, 5) is 77.1. The quantitative estimate of drug-likeness (QED) is 0.149. The van der Waals surface area contributed by atoms with Crippen LogP contribution in [-0.4, -0.2) is 74.6 Å². The summed E-state index contributed by atoms with van der Waals surface area (Å²) in [6.45, 7) is -0.118. The number of carbonyl (C=O) groups is 6. The number of aromatic nitrogens is 2. The first-order valence-electron chi connectivity index (χ1n) is 12.5. The van der Waals surface area contributed by atoms with Gasteiger partial charge in [0.2, 0.25) is 11.8 Å². The van der Waals surface area contributed by atoms with Crippen LogP contribution in [0.25, 0.3) is 0 Å². The number of rotatable bonds is 12. The number of halogens is 3. The van der Waals surface area contributed by atoms with Crippen LogP contribution in [0, 0.1) is 0 Å². The molecule has 0 unspecified atom stereocenters. The molecule has 0 aliphatic rings. The van der Waals surface area contributed by atoms with Gasteiger partial charge in [0.1, 0.15) is 11.7 Å². The van der Waals surface area contributed by atoms with Crippen LogP contribution in [0.15, 0.2) is 60.2 Å². The first-order chi connectivity index (χ1) is 21.2. The molecule has 3 rings (SSSR count). The van der Waals surface area contributed by atoms with Crippen LogP contribution in [0.3, 0.4) is 0 Å². The second kappa shape index (κ2) is 17.5. The highest BCUT2D eigenvalue weighted by Gasteiger charge is 2.38. The van der Waals surface area contributed by atoms with E-state index in [1.807, 2.05) is 30.3 Å². The molecular weight excluding hydrogens is 627 g/mol. The van der Waals surface area contributed by atoms with E-state index in [1.165, 1.54) is 11.6 Å². The fraction of sp³-hybridized carbons (Fsp3) is 0.231. The molecule has 0 aliphatic heterocycles. The topological polar surface area (TPSA) is 229 Å². The number of thiazole rings is 1. The van der Waals surface area contributed by atoms with Gasteiger partial charge >= 0.3 is 24.1 Å². The molecule has 15 nitrogen and oxygen atoms in total. The van der Waals surface area contributed by atoms with Crippen molar-refractivity contribution in [3.63, 3.8) is 0 Å². The Morgan fingerprint density at radius 3 is 2.13 bits per heavy atom. The Hall–Kier alpha value is -5.59. The maximum Gasteiger partial charge on any atom is 0.490 e. The maximum absolute atomic E-state index is 12.4. The molecule has 0 bridgehead atoms. The van der Waals surface area contributed by atoms with Gasteiger partial charge < -0.3 is 31.5 Å². The van der Waals surface area contributed by atoms with E-state index in [0.29, 0.717) is 12.1 Å². The molecule has 0 saturated heterocycles. The van der Waals surface area contributed by atoms with Crippen molar-refractivity contribution in [2.24, 2.45) is 0 Å². The smallest absolute Gasteiger partial charge is 0.481 e. The zero-order valence-corrected chi connectivity index (χ0v) is 23.8. The first-order valence-corrected chi connectivity index (χ1v) is 13.4. The number of alkyl halides is 3. The lowest BCUT2D eigenvalue weighted by molar-refractivity contribution is -0.192. The normalized spacial score (nSPS) is 11.1. The number of aliphatic carboxylic acids is 2. The van der Waals surface area contributed by atoms with Crippen molar-refractivity contribution in [1.29, 1.82) is 0 Å². The van der Waals surface area contributed by atoms with Gasteiger partial charge in [0.25, 0.3) is 5.91 Å². The van der Waals surface area contributed by atoms with Crippen molar-refractivity contribution < 1.29 is 52.2 Å². The lowest BCUT2D eigenvalue weighted by Gasteiger charge is -2.17. The predicted molar refractivity (Wildman–Crippen MR) is 151 cm³/mol. The fourth-order valence-electron chi connectivity index (χ4n) is 3.05. The van der Waals surface area contributed by atoms with Crippen molar-refractivity contribution in [3.8, 4) is 0 Å². The van der Waals surface area contributed by atoms with Gasteiger partial charge in [-0.1, -0.05) is 36.4 Å². The van der Waals surface area contributed by atoms with Crippen LogP contribution in [0.2, 0.25) is 0 Å². The molecule has 0 fully saturated rings. The number of carboxylic acids is 2. The molecule has 45 heavy (non-hydrogen) atoms. The SMILES string of the molecule is O=C(O)C(F)(F)F.O=C(O)C[C@H](NC(=O)CNC(=O)c1csc(NC(=O)NCc2ccccc2)n1)C(=O)NCc1cccnc1. The van der Waals surface area contributed by atoms with Gasteiger partial charge in [-0.15, -0.1) is 11.3 Å². The van der Waals surface area contributed by atoms with E-state index < -0.39 is 60.9 Å². The van der Waals surface area contributed by atoms with Crippen LogP contribution >= 0.6 is 11.3 Å². The van der Waals surface area contributed by atoms with E-state index in [1.54, 1.807) is 18.3 Å². The van der Waals surface area contributed by atoms with Crippen LogP contribution in [0.5, 0.6) is 0 Å². The molecule has 1 aromatic carbocycles. The average molecular weight is 654 g/mol. The van der Waals surface area contributed by atoms with Crippen molar-refractivity contribution >= 4 is 52.2 Å². The summed E-state index contributed by atoms with van der Waals surface area (Å²) in [5.74, 6) is -6.20. The molecule has 0 saturated carbocycles. The van der Waals surface area contributed by atoms with E-state index >= 15 is 0 Å². The van der Waals surface area contributed by atoms with E-state index in [0.717, 1.165) is 16.9 Å². The largest absolute Gasteiger partial charge is 0.490 e. The van der Waals surface area contributed by atoms with E-state index in [4.69, 9.17) is 15.0 Å². The third-order valence-electron chi connectivity index (χ3n) is 5.13. The molecule has 1 atom stereocenters. The standard InChI is InChI=1S/C24H25N7O6S.C2HF3O2/c32-19(29-17(9-20(33)34)21(35)26-12-16-7-4-8-25-10-16)13-27-22(36)18-14-38-24(30-18)31-23(37)28-11-15-5-2-1-3-6-15;3-2(4,5)1(6)7/h1-8,10,14,17H,9,11-13H2,(H,26,35)(H,27,36)(H,29,32)(H,33,34)(H2,28,30,31,37);(H,6,7)/t17-;/m0./s1. The van der Waals surface area contributed by atoms with Gasteiger partial charge in [-0.2, -0.15) is 13.2 Å². The number of carboxylic acid groups (broad SMARTS) is 2. The minimum Gasteiger partial charge on any atom is -0.481 e. The molecule has 7 N–H and O–H groups in total. The number of nitrogens with one attached hydrogen (secondary N) is 5. The minimum atomic E-state index is -5.08. The summed E-state index contributed by atoms with van der Waals surface area (Å²) in [6.07, 6.45) is -2.62. The average Bonchev–Trinajstić information content (AvgIpc) is 3.46. The molecule has 2 heterocycles. The Balaban J connectivity index is 0.000000900. The van der Waals surface area contributed by atoms with Crippen molar-refractivity contribution in [3.05, 3.63) is 77.1 Å². The highest BCUT2D eigenvalue weighted by atomic mass is 32.1. The number of amides is 5. The van der Waals surface area contributed by atoms with Gasteiger partial charge in [-0.3, -0.25) is 29.5 Å². The van der Waals surface area contributed by atoms with E-state index in [-0.39, 0.29) is 17.4 Å². The number of anilines is 1. The second-order valence-corrected chi connectivity index (χ2v) is 9.47. The Labute approximate surface area is 256 Å². The first kappa shape index (κ1) is 35.6. The molecule has 0 aliphatic carbocycles. The highest BCUT2D eigenvalue weighted by molar-refractivity contribution is 7.14. The number of carbonyl (C=O) groups excluding carboxylic acids is 4. The zero-order chi connectivity index (χ0) is 33.4. The number of benzene rings is 1. The zero-order valence-electron chi connectivity index (χ0n) is 23.0. The third kappa shape index (κ3) is 14.0. The van der Waals surface area contributed by atoms with Gasteiger partial charge in [0, 0.05) is 30.9 Å². The number of nitrogens with zero attached hydrogens (tertiary/aromatic N) is 2. The molecule has 0 spiro atoms. The van der Waals surface area contributed by atoms with E-state index in [2.05, 4.69) is 36.6 Å². The lowest BCUT2D eigenvalue weighted by atomic mass is 10.2. The number of pyridine rings is 1. The third-order valence-corrected chi connectivity index (χ3v) is 5.88. The van der Waals surface area contributed by atoms with Crippen LogP contribution in [-0.2, 0) is 32.3 Å². The Morgan fingerprint density at radius 1 is 0.889 bits per heavy atom. The molecular formula is C26H26F3N7O8S. The molecule has 2 aromatic heterocycles. The van der Waals surface area contributed by atoms with Crippen LogP contribution in [0.1, 0.15) is 28.0 Å². The summed E-state index contributed by atoms with van der Waals surface area (Å²) in [6, 6.07) is 10.9.